The van der Waals surface area contributed by atoms with Crippen LogP contribution < -0.4 is 5.32 Å². The zero-order valence-corrected chi connectivity index (χ0v) is 13.3. The standard InChI is InChI=1S/C17H23ClN2O/c1-21-9-3-8-20-16(14-4-2-7-19-12-14)10-13-5-6-15(18)11-17(13)20/h5-6,10-11,14,19H,2-4,7-9,12H2,1H3. The number of aryl methyl sites for hydroxylation is 1. The Kier molecular flexibility index (Phi) is 4.84. The van der Waals surface area contributed by atoms with Crippen molar-refractivity contribution in [2.24, 2.45) is 0 Å². The average molecular weight is 307 g/mol. The van der Waals surface area contributed by atoms with Gasteiger partial charge in [0.2, 0.25) is 0 Å². The van der Waals surface area contributed by atoms with Crippen LogP contribution >= 0.6 is 11.6 Å². The van der Waals surface area contributed by atoms with Gasteiger partial charge < -0.3 is 14.6 Å². The fourth-order valence-corrected chi connectivity index (χ4v) is 3.47. The predicted octanol–water partition coefficient (Wildman–Crippen LogP) is 3.80. The van der Waals surface area contributed by atoms with Crippen LogP contribution in [0.5, 0.6) is 0 Å². The number of nitrogens with zero attached hydrogens (tertiary/aromatic N) is 1. The molecule has 2 aromatic rings. The Hall–Kier alpha value is -1.03. The van der Waals surface area contributed by atoms with Gasteiger partial charge in [0.1, 0.15) is 0 Å². The van der Waals surface area contributed by atoms with E-state index < -0.39 is 0 Å². The first-order chi connectivity index (χ1) is 10.3. The van der Waals surface area contributed by atoms with E-state index in [1.165, 1.54) is 29.4 Å². The van der Waals surface area contributed by atoms with E-state index in [4.69, 9.17) is 16.3 Å². The summed E-state index contributed by atoms with van der Waals surface area (Å²) in [5, 5.41) is 5.62. The van der Waals surface area contributed by atoms with Gasteiger partial charge in [-0.05, 0) is 49.4 Å². The maximum absolute atomic E-state index is 6.20. The van der Waals surface area contributed by atoms with Crippen LogP contribution in [-0.2, 0) is 11.3 Å². The van der Waals surface area contributed by atoms with Crippen LogP contribution in [0.1, 0.15) is 30.9 Å². The van der Waals surface area contributed by atoms with E-state index in [1.807, 2.05) is 6.07 Å². The number of fused-ring (bicyclic) bond motifs is 1. The van der Waals surface area contributed by atoms with Crippen molar-refractivity contribution in [3.05, 3.63) is 35.0 Å². The Morgan fingerprint density at radius 3 is 3.05 bits per heavy atom. The van der Waals surface area contributed by atoms with E-state index in [0.29, 0.717) is 5.92 Å². The predicted molar refractivity (Wildman–Crippen MR) is 88.3 cm³/mol. The number of rotatable bonds is 5. The lowest BCUT2D eigenvalue weighted by Gasteiger charge is -2.24. The van der Waals surface area contributed by atoms with E-state index in [0.717, 1.165) is 37.7 Å². The maximum atomic E-state index is 6.20. The molecule has 0 aliphatic carbocycles. The highest BCUT2D eigenvalue weighted by Gasteiger charge is 2.20. The van der Waals surface area contributed by atoms with E-state index in [-0.39, 0.29) is 0 Å². The number of ether oxygens (including phenoxy) is 1. The van der Waals surface area contributed by atoms with Crippen LogP contribution in [-0.4, -0.2) is 31.4 Å². The Balaban J connectivity index is 1.97. The van der Waals surface area contributed by atoms with Gasteiger partial charge in [0.25, 0.3) is 0 Å². The number of halogens is 1. The Morgan fingerprint density at radius 1 is 1.38 bits per heavy atom. The topological polar surface area (TPSA) is 26.2 Å². The lowest BCUT2D eigenvalue weighted by molar-refractivity contribution is 0.190. The fraction of sp³-hybridized carbons (Fsp3) is 0.529. The van der Waals surface area contributed by atoms with Gasteiger partial charge in [-0.15, -0.1) is 0 Å². The van der Waals surface area contributed by atoms with Crippen LogP contribution in [0.3, 0.4) is 0 Å². The second-order valence-electron chi connectivity index (χ2n) is 5.81. The maximum Gasteiger partial charge on any atom is 0.0497 e. The average Bonchev–Trinajstić information content (AvgIpc) is 2.87. The molecule has 3 nitrogen and oxygen atoms in total. The molecule has 1 aromatic heterocycles. The van der Waals surface area contributed by atoms with Gasteiger partial charge in [-0.1, -0.05) is 17.7 Å². The van der Waals surface area contributed by atoms with Gasteiger partial charge >= 0.3 is 0 Å². The number of benzene rings is 1. The lowest BCUT2D eigenvalue weighted by atomic mass is 9.96. The third-order valence-electron chi connectivity index (χ3n) is 4.34. The highest BCUT2D eigenvalue weighted by Crippen LogP contribution is 2.31. The van der Waals surface area contributed by atoms with E-state index in [9.17, 15) is 0 Å². The molecule has 0 radical (unpaired) electrons. The first-order valence-electron chi connectivity index (χ1n) is 7.78. The molecule has 0 saturated carbocycles. The number of aromatic nitrogens is 1. The van der Waals surface area contributed by atoms with Crippen molar-refractivity contribution in [3.8, 4) is 0 Å². The molecule has 1 saturated heterocycles. The molecule has 1 aliphatic heterocycles. The molecule has 2 heterocycles. The summed E-state index contributed by atoms with van der Waals surface area (Å²) in [5.41, 5.74) is 2.69. The minimum Gasteiger partial charge on any atom is -0.385 e. The van der Waals surface area contributed by atoms with Crippen LogP contribution in [0.15, 0.2) is 24.3 Å². The minimum atomic E-state index is 0.604. The summed E-state index contributed by atoms with van der Waals surface area (Å²) >= 11 is 6.20. The second kappa shape index (κ2) is 6.82. The molecule has 0 amide bonds. The Labute approximate surface area is 131 Å². The van der Waals surface area contributed by atoms with E-state index >= 15 is 0 Å². The molecule has 1 fully saturated rings. The molecule has 1 aliphatic rings. The molecule has 3 rings (SSSR count). The second-order valence-corrected chi connectivity index (χ2v) is 6.25. The zero-order valence-electron chi connectivity index (χ0n) is 12.6. The van der Waals surface area contributed by atoms with Crippen molar-refractivity contribution >= 4 is 22.5 Å². The first-order valence-corrected chi connectivity index (χ1v) is 8.15. The SMILES string of the molecule is COCCCn1c(C2CCCNC2)cc2ccc(Cl)cc21. The fourth-order valence-electron chi connectivity index (χ4n) is 3.31. The molecular formula is C17H23ClN2O. The number of hydrogen-bond donors (Lipinski definition) is 1. The van der Waals surface area contributed by atoms with Crippen molar-refractivity contribution in [1.29, 1.82) is 0 Å². The summed E-state index contributed by atoms with van der Waals surface area (Å²) in [6, 6.07) is 8.54. The minimum absolute atomic E-state index is 0.604. The van der Waals surface area contributed by atoms with Gasteiger partial charge in [-0.2, -0.15) is 0 Å². The van der Waals surface area contributed by atoms with Gasteiger partial charge in [0.05, 0.1) is 0 Å². The van der Waals surface area contributed by atoms with Gasteiger partial charge in [0, 0.05) is 49.0 Å². The van der Waals surface area contributed by atoms with E-state index in [1.54, 1.807) is 7.11 Å². The smallest absolute Gasteiger partial charge is 0.0497 e. The quantitative estimate of drug-likeness (QED) is 0.850. The van der Waals surface area contributed by atoms with Crippen molar-refractivity contribution in [2.45, 2.75) is 31.7 Å². The van der Waals surface area contributed by atoms with Crippen molar-refractivity contribution < 1.29 is 4.74 Å². The third-order valence-corrected chi connectivity index (χ3v) is 4.58. The van der Waals surface area contributed by atoms with Gasteiger partial charge in [-0.3, -0.25) is 0 Å². The molecule has 1 aromatic carbocycles. The normalized spacial score (nSPS) is 19.2. The number of methoxy groups -OCH3 is 1. The van der Waals surface area contributed by atoms with Crippen molar-refractivity contribution in [3.63, 3.8) is 0 Å². The van der Waals surface area contributed by atoms with E-state index in [2.05, 4.69) is 28.1 Å². The molecule has 4 heteroatoms. The summed E-state index contributed by atoms with van der Waals surface area (Å²) in [7, 11) is 1.76. The Morgan fingerprint density at radius 2 is 2.29 bits per heavy atom. The molecule has 21 heavy (non-hydrogen) atoms. The van der Waals surface area contributed by atoms with Crippen molar-refractivity contribution in [1.82, 2.24) is 9.88 Å². The summed E-state index contributed by atoms with van der Waals surface area (Å²) in [6.07, 6.45) is 3.55. The monoisotopic (exact) mass is 306 g/mol. The van der Waals surface area contributed by atoms with Crippen molar-refractivity contribution in [2.75, 3.05) is 26.8 Å². The molecule has 0 spiro atoms. The number of hydrogen-bond acceptors (Lipinski definition) is 2. The highest BCUT2D eigenvalue weighted by molar-refractivity contribution is 6.31. The summed E-state index contributed by atoms with van der Waals surface area (Å²) in [4.78, 5) is 0. The lowest BCUT2D eigenvalue weighted by Crippen LogP contribution is -2.29. The van der Waals surface area contributed by atoms with Gasteiger partial charge in [-0.25, -0.2) is 0 Å². The molecular weight excluding hydrogens is 284 g/mol. The van der Waals surface area contributed by atoms with Crippen LogP contribution in [0.25, 0.3) is 10.9 Å². The number of piperidine rings is 1. The van der Waals surface area contributed by atoms with Crippen LogP contribution in [0.4, 0.5) is 0 Å². The zero-order chi connectivity index (χ0) is 14.7. The summed E-state index contributed by atoms with van der Waals surface area (Å²) in [6.45, 7) is 4.01. The molecule has 0 bridgehead atoms. The molecule has 1 N–H and O–H groups in total. The summed E-state index contributed by atoms with van der Waals surface area (Å²) < 4.78 is 7.65. The largest absolute Gasteiger partial charge is 0.385 e. The van der Waals surface area contributed by atoms with Gasteiger partial charge in [0.15, 0.2) is 0 Å². The van der Waals surface area contributed by atoms with Crippen LogP contribution in [0, 0.1) is 0 Å². The molecule has 1 atom stereocenters. The third kappa shape index (κ3) is 3.25. The first kappa shape index (κ1) is 14.9. The van der Waals surface area contributed by atoms with Crippen LogP contribution in [0.2, 0.25) is 5.02 Å². The molecule has 114 valence electrons. The number of nitrogens with one attached hydrogen (secondary N) is 1. The highest BCUT2D eigenvalue weighted by atomic mass is 35.5. The summed E-state index contributed by atoms with van der Waals surface area (Å²) in [5.74, 6) is 0.604. The Bertz CT molecular complexity index is 602. The molecule has 1 unspecified atom stereocenters.